The Morgan fingerprint density at radius 1 is 1.10 bits per heavy atom. The molecule has 6 rings (SSSR count). The molecule has 4 heterocycles. The van der Waals surface area contributed by atoms with Crippen molar-refractivity contribution in [3.63, 3.8) is 0 Å². The van der Waals surface area contributed by atoms with Gasteiger partial charge in [-0.1, -0.05) is 18.2 Å². The smallest absolute Gasteiger partial charge is 0.262 e. The molecule has 0 spiro atoms. The van der Waals surface area contributed by atoms with Crippen molar-refractivity contribution < 1.29 is 17.6 Å². The Morgan fingerprint density at radius 2 is 1.90 bits per heavy atom. The number of aryl methyl sites for hydroxylation is 1. The van der Waals surface area contributed by atoms with Gasteiger partial charge in [0.1, 0.15) is 17.5 Å². The van der Waals surface area contributed by atoms with Crippen LogP contribution in [0, 0.1) is 12.7 Å². The van der Waals surface area contributed by atoms with Crippen molar-refractivity contribution in [3.05, 3.63) is 77.9 Å². The number of benzene rings is 2. The lowest BCUT2D eigenvalue weighted by Crippen LogP contribution is -2.49. The van der Waals surface area contributed by atoms with Crippen LogP contribution < -0.4 is 20.4 Å². The van der Waals surface area contributed by atoms with E-state index in [1.54, 1.807) is 29.4 Å². The van der Waals surface area contributed by atoms with Gasteiger partial charge >= 0.3 is 0 Å². The van der Waals surface area contributed by atoms with Gasteiger partial charge in [-0.15, -0.1) is 0 Å². The highest BCUT2D eigenvalue weighted by Crippen LogP contribution is 2.32. The van der Waals surface area contributed by atoms with Crippen molar-refractivity contribution in [2.24, 2.45) is 0 Å². The van der Waals surface area contributed by atoms with Crippen LogP contribution in [0.2, 0.25) is 0 Å². The Kier molecular flexibility index (Phi) is 7.74. The van der Waals surface area contributed by atoms with Crippen LogP contribution in [0.1, 0.15) is 28.8 Å². The van der Waals surface area contributed by atoms with E-state index in [1.165, 1.54) is 12.1 Å². The predicted octanol–water partition coefficient (Wildman–Crippen LogP) is 3.85. The number of sulfone groups is 1. The number of piperidine rings is 1. The van der Waals surface area contributed by atoms with Crippen LogP contribution in [0.3, 0.4) is 0 Å². The summed E-state index contributed by atoms with van der Waals surface area (Å²) in [6.45, 7) is 4.15. The van der Waals surface area contributed by atoms with E-state index < -0.39 is 21.6 Å². The monoisotopic (exact) mass is 589 g/mol. The van der Waals surface area contributed by atoms with Crippen molar-refractivity contribution in [3.8, 4) is 0 Å². The highest BCUT2D eigenvalue weighted by atomic mass is 32.2. The van der Waals surface area contributed by atoms with Gasteiger partial charge in [0, 0.05) is 43.1 Å². The van der Waals surface area contributed by atoms with Crippen LogP contribution in [0.4, 0.5) is 27.7 Å². The minimum Gasteiger partial charge on any atom is -0.354 e. The van der Waals surface area contributed by atoms with E-state index in [2.05, 4.69) is 25.6 Å². The summed E-state index contributed by atoms with van der Waals surface area (Å²) >= 11 is 0. The predicted molar refractivity (Wildman–Crippen MR) is 162 cm³/mol. The van der Waals surface area contributed by atoms with E-state index in [0.717, 1.165) is 35.7 Å². The second kappa shape index (κ2) is 11.6. The Labute approximate surface area is 243 Å². The van der Waals surface area contributed by atoms with Gasteiger partial charge in [-0.3, -0.25) is 9.69 Å². The lowest BCUT2D eigenvalue weighted by atomic mass is 10.0. The average molecular weight is 590 g/mol. The van der Waals surface area contributed by atoms with E-state index in [1.807, 2.05) is 36.1 Å². The van der Waals surface area contributed by atoms with E-state index in [0.29, 0.717) is 37.0 Å². The quantitative estimate of drug-likeness (QED) is 0.346. The Bertz CT molecular complexity index is 1730. The number of hydrogen-bond acceptors (Lipinski definition) is 9. The third-order valence-corrected chi connectivity index (χ3v) is 9.44. The molecule has 2 aliphatic rings. The number of fused-ring (bicyclic) bond motifs is 1. The Morgan fingerprint density at radius 3 is 2.67 bits per heavy atom. The number of anilines is 4. The maximum absolute atomic E-state index is 15.7. The molecule has 12 heteroatoms. The first-order valence-electron chi connectivity index (χ1n) is 14.0. The first-order chi connectivity index (χ1) is 20.3. The highest BCUT2D eigenvalue weighted by Gasteiger charge is 2.32. The van der Waals surface area contributed by atoms with Crippen molar-refractivity contribution in [2.45, 2.75) is 25.8 Å². The zero-order valence-electron chi connectivity index (χ0n) is 23.3. The Balaban J connectivity index is 1.28. The summed E-state index contributed by atoms with van der Waals surface area (Å²) in [5.74, 6) is 0.378. The van der Waals surface area contributed by atoms with Gasteiger partial charge in [0.25, 0.3) is 5.91 Å². The van der Waals surface area contributed by atoms with Crippen LogP contribution >= 0.6 is 0 Å². The van der Waals surface area contributed by atoms with Crippen molar-refractivity contribution >= 4 is 49.8 Å². The molecular formula is C30H32FN7O3S. The number of aromatic nitrogens is 3. The Hall–Kier alpha value is -4.16. The molecule has 218 valence electrons. The zero-order chi connectivity index (χ0) is 29.3. The molecule has 2 aromatic heterocycles. The molecule has 2 saturated heterocycles. The van der Waals surface area contributed by atoms with Crippen molar-refractivity contribution in [1.29, 1.82) is 0 Å². The molecule has 0 radical (unpaired) electrons. The standard InChI is InChI=1S/C30H32FN7O3S/c1-20-4-2-5-21-9-12-33-28(27(20)21)38(23-6-3-11-32-19-23)29(39)24-8-7-22(18-25(24)31)35-30-34-13-10-26(36-30)37-14-16-42(40,41)17-15-37/h2,4-5,7-10,12-13,18,23,32H,3,6,11,14-17,19H2,1H3,(H,34,35,36)/t23-/m1/s1. The second-order valence-corrected chi connectivity index (χ2v) is 13.0. The molecule has 1 atom stereocenters. The van der Waals surface area contributed by atoms with Crippen LogP contribution in [0.15, 0.2) is 60.9 Å². The SMILES string of the molecule is Cc1cccc2ccnc(N(C(=O)c3ccc(Nc4nccc(N5CCS(=O)(=O)CC5)n4)cc3F)[C@@H]3CCCNC3)c12. The third-order valence-electron chi connectivity index (χ3n) is 7.83. The fourth-order valence-corrected chi connectivity index (χ4v) is 6.81. The summed E-state index contributed by atoms with van der Waals surface area (Å²) in [4.78, 5) is 31.0. The topological polar surface area (TPSA) is 120 Å². The lowest BCUT2D eigenvalue weighted by molar-refractivity contribution is 0.0968. The second-order valence-electron chi connectivity index (χ2n) is 10.7. The van der Waals surface area contributed by atoms with Gasteiger partial charge < -0.3 is 15.5 Å². The highest BCUT2D eigenvalue weighted by molar-refractivity contribution is 7.91. The third kappa shape index (κ3) is 5.77. The van der Waals surface area contributed by atoms with Crippen LogP contribution in [0.5, 0.6) is 0 Å². The molecule has 42 heavy (non-hydrogen) atoms. The summed E-state index contributed by atoms with van der Waals surface area (Å²) < 4.78 is 39.2. The van der Waals surface area contributed by atoms with E-state index in [9.17, 15) is 13.2 Å². The molecule has 2 fully saturated rings. The number of amides is 1. The molecular weight excluding hydrogens is 557 g/mol. The molecule has 2 N–H and O–H groups in total. The van der Waals surface area contributed by atoms with E-state index in [-0.39, 0.29) is 29.1 Å². The van der Waals surface area contributed by atoms with Crippen molar-refractivity contribution in [1.82, 2.24) is 20.3 Å². The minimum absolute atomic E-state index is 0.0531. The number of hydrogen-bond donors (Lipinski definition) is 2. The van der Waals surface area contributed by atoms with Gasteiger partial charge in [-0.2, -0.15) is 4.98 Å². The number of rotatable bonds is 6. The molecule has 2 aromatic carbocycles. The summed E-state index contributed by atoms with van der Waals surface area (Å²) in [5, 5.41) is 8.22. The van der Waals surface area contributed by atoms with Crippen LogP contribution in [0.25, 0.3) is 10.8 Å². The number of pyridine rings is 1. The molecule has 2 aliphatic heterocycles. The van der Waals surface area contributed by atoms with E-state index in [4.69, 9.17) is 0 Å². The summed E-state index contributed by atoms with van der Waals surface area (Å²) in [5.41, 5.74) is 1.32. The van der Waals surface area contributed by atoms with E-state index >= 15 is 4.39 Å². The van der Waals surface area contributed by atoms with Crippen LogP contribution in [-0.2, 0) is 9.84 Å². The number of nitrogens with zero attached hydrogens (tertiary/aromatic N) is 5. The lowest BCUT2D eigenvalue weighted by Gasteiger charge is -2.35. The van der Waals surface area contributed by atoms with Gasteiger partial charge in [0.15, 0.2) is 9.84 Å². The van der Waals surface area contributed by atoms with Gasteiger partial charge in [0.05, 0.1) is 23.1 Å². The van der Waals surface area contributed by atoms with Gasteiger partial charge in [-0.05, 0) is 67.6 Å². The number of halogens is 1. The maximum atomic E-state index is 15.7. The van der Waals surface area contributed by atoms with Gasteiger partial charge in [-0.25, -0.2) is 22.8 Å². The van der Waals surface area contributed by atoms with Crippen molar-refractivity contribution in [2.75, 3.05) is 52.8 Å². The minimum atomic E-state index is -3.02. The molecule has 0 unspecified atom stereocenters. The fraction of sp³-hybridized carbons (Fsp3) is 0.333. The summed E-state index contributed by atoms with van der Waals surface area (Å²) in [6, 6.07) is 13.7. The zero-order valence-corrected chi connectivity index (χ0v) is 24.1. The van der Waals surface area contributed by atoms with Crippen LogP contribution in [-0.4, -0.2) is 73.0 Å². The molecule has 0 bridgehead atoms. The number of nitrogens with one attached hydrogen (secondary N) is 2. The molecule has 4 aromatic rings. The largest absolute Gasteiger partial charge is 0.354 e. The normalized spacial score (nSPS) is 18.5. The number of carbonyl (C=O) groups is 1. The fourth-order valence-electron chi connectivity index (χ4n) is 5.61. The molecule has 1 amide bonds. The number of carbonyl (C=O) groups excluding carboxylic acids is 1. The first-order valence-corrected chi connectivity index (χ1v) is 15.8. The molecule has 10 nitrogen and oxygen atoms in total. The first kappa shape index (κ1) is 28.0. The molecule has 0 aliphatic carbocycles. The summed E-state index contributed by atoms with van der Waals surface area (Å²) in [6.07, 6.45) is 4.93. The average Bonchev–Trinajstić information content (AvgIpc) is 2.98. The maximum Gasteiger partial charge on any atom is 0.262 e. The van der Waals surface area contributed by atoms with Gasteiger partial charge in [0.2, 0.25) is 5.95 Å². The summed E-state index contributed by atoms with van der Waals surface area (Å²) in [7, 11) is -3.02. The molecule has 0 saturated carbocycles.